The van der Waals surface area contributed by atoms with E-state index in [1.165, 1.54) is 20.3 Å². The molecule has 0 saturated carbocycles. The number of rotatable bonds is 6. The molecule has 0 heterocycles. The van der Waals surface area contributed by atoms with Gasteiger partial charge in [0.2, 0.25) is 5.91 Å². The first-order valence-corrected chi connectivity index (χ1v) is 6.09. The number of ether oxygens (including phenoxy) is 2. The summed E-state index contributed by atoms with van der Waals surface area (Å²) in [5.41, 5.74) is 4.05. The molecule has 0 fully saturated rings. The van der Waals surface area contributed by atoms with E-state index < -0.39 is 23.8 Å². The van der Waals surface area contributed by atoms with E-state index in [2.05, 4.69) is 5.32 Å². The van der Waals surface area contributed by atoms with Crippen molar-refractivity contribution in [1.29, 1.82) is 0 Å². The SMILES string of the molecule is COc1ccc(NC(=O)CC(CN)OC)c(C(F)(F)F)c1. The minimum Gasteiger partial charge on any atom is -0.497 e. The lowest BCUT2D eigenvalue weighted by Crippen LogP contribution is -2.28. The smallest absolute Gasteiger partial charge is 0.418 e. The average molecular weight is 306 g/mol. The molecule has 118 valence electrons. The molecule has 1 aromatic carbocycles. The molecule has 8 heteroatoms. The van der Waals surface area contributed by atoms with Gasteiger partial charge < -0.3 is 20.5 Å². The summed E-state index contributed by atoms with van der Waals surface area (Å²) in [6.07, 6.45) is -5.28. The quantitative estimate of drug-likeness (QED) is 0.843. The Hall–Kier alpha value is -1.80. The van der Waals surface area contributed by atoms with E-state index in [4.69, 9.17) is 15.2 Å². The summed E-state index contributed by atoms with van der Waals surface area (Å²) in [4.78, 5) is 11.7. The molecule has 5 nitrogen and oxygen atoms in total. The molecular formula is C13H17F3N2O3. The van der Waals surface area contributed by atoms with E-state index in [0.717, 1.165) is 12.1 Å². The van der Waals surface area contributed by atoms with Crippen LogP contribution in [0.1, 0.15) is 12.0 Å². The molecule has 0 radical (unpaired) electrons. The molecule has 3 N–H and O–H groups in total. The molecule has 1 aromatic rings. The van der Waals surface area contributed by atoms with E-state index in [1.807, 2.05) is 0 Å². The van der Waals surface area contributed by atoms with Gasteiger partial charge in [-0.1, -0.05) is 0 Å². The van der Waals surface area contributed by atoms with Gasteiger partial charge in [-0.3, -0.25) is 4.79 Å². The Labute approximate surface area is 120 Å². The van der Waals surface area contributed by atoms with Crippen molar-refractivity contribution in [3.05, 3.63) is 23.8 Å². The van der Waals surface area contributed by atoms with Gasteiger partial charge in [0.1, 0.15) is 5.75 Å². The van der Waals surface area contributed by atoms with E-state index in [9.17, 15) is 18.0 Å². The predicted octanol–water partition coefficient (Wildman–Crippen LogP) is 2.02. The van der Waals surface area contributed by atoms with Gasteiger partial charge in [-0.25, -0.2) is 0 Å². The summed E-state index contributed by atoms with van der Waals surface area (Å²) in [5.74, 6) is -0.556. The van der Waals surface area contributed by atoms with Crippen LogP contribution in [0.4, 0.5) is 18.9 Å². The second-order valence-corrected chi connectivity index (χ2v) is 4.25. The first kappa shape index (κ1) is 17.3. The number of methoxy groups -OCH3 is 2. The Morgan fingerprint density at radius 1 is 1.38 bits per heavy atom. The molecule has 1 atom stereocenters. The number of halogens is 3. The number of nitrogens with one attached hydrogen (secondary N) is 1. The molecule has 21 heavy (non-hydrogen) atoms. The zero-order valence-corrected chi connectivity index (χ0v) is 11.7. The minimum atomic E-state index is -4.61. The summed E-state index contributed by atoms with van der Waals surface area (Å²) in [6, 6.07) is 3.30. The summed E-state index contributed by atoms with van der Waals surface area (Å²) in [6.45, 7) is 0.0959. The molecule has 0 aromatic heterocycles. The van der Waals surface area contributed by atoms with E-state index in [0.29, 0.717) is 0 Å². The number of benzene rings is 1. The number of amides is 1. The monoisotopic (exact) mass is 306 g/mol. The Morgan fingerprint density at radius 2 is 2.05 bits per heavy atom. The first-order valence-electron chi connectivity index (χ1n) is 6.09. The van der Waals surface area contributed by atoms with Crippen molar-refractivity contribution in [3.8, 4) is 5.75 Å². The van der Waals surface area contributed by atoms with Gasteiger partial charge in [0, 0.05) is 13.7 Å². The molecular weight excluding hydrogens is 289 g/mol. The molecule has 0 spiro atoms. The number of alkyl halides is 3. The normalized spacial score (nSPS) is 12.9. The molecule has 0 saturated heterocycles. The van der Waals surface area contributed by atoms with Crippen LogP contribution >= 0.6 is 0 Å². The largest absolute Gasteiger partial charge is 0.497 e. The second-order valence-electron chi connectivity index (χ2n) is 4.25. The highest BCUT2D eigenvalue weighted by atomic mass is 19.4. The molecule has 1 rings (SSSR count). The fraction of sp³-hybridized carbons (Fsp3) is 0.462. The maximum absolute atomic E-state index is 13.0. The van der Waals surface area contributed by atoms with Crippen molar-refractivity contribution in [3.63, 3.8) is 0 Å². The van der Waals surface area contributed by atoms with Crippen molar-refractivity contribution >= 4 is 11.6 Å². The number of hydrogen-bond acceptors (Lipinski definition) is 4. The molecule has 0 aliphatic heterocycles. The van der Waals surface area contributed by atoms with Gasteiger partial charge in [-0.2, -0.15) is 13.2 Å². The van der Waals surface area contributed by atoms with Crippen LogP contribution in [0.5, 0.6) is 5.75 Å². The van der Waals surface area contributed by atoms with Crippen LogP contribution in [-0.4, -0.2) is 32.8 Å². The van der Waals surface area contributed by atoms with E-state index in [1.54, 1.807) is 0 Å². The van der Waals surface area contributed by atoms with Gasteiger partial charge in [0.15, 0.2) is 0 Å². The van der Waals surface area contributed by atoms with Gasteiger partial charge in [0.25, 0.3) is 0 Å². The van der Waals surface area contributed by atoms with Gasteiger partial charge in [-0.05, 0) is 18.2 Å². The third-order valence-corrected chi connectivity index (χ3v) is 2.82. The Kier molecular flexibility index (Phi) is 5.98. The molecule has 0 aliphatic carbocycles. The lowest BCUT2D eigenvalue weighted by molar-refractivity contribution is -0.137. The van der Waals surface area contributed by atoms with Crippen molar-refractivity contribution in [2.75, 3.05) is 26.1 Å². The highest BCUT2D eigenvalue weighted by Crippen LogP contribution is 2.37. The van der Waals surface area contributed by atoms with Crippen LogP contribution in [0.3, 0.4) is 0 Å². The van der Waals surface area contributed by atoms with E-state index >= 15 is 0 Å². The fourth-order valence-electron chi connectivity index (χ4n) is 1.66. The third kappa shape index (κ3) is 4.91. The lowest BCUT2D eigenvalue weighted by atomic mass is 10.1. The molecule has 1 amide bonds. The Morgan fingerprint density at radius 3 is 2.52 bits per heavy atom. The minimum absolute atomic E-state index is 0.0528. The predicted molar refractivity (Wildman–Crippen MR) is 71.1 cm³/mol. The molecule has 0 aliphatic rings. The molecule has 1 unspecified atom stereocenters. The van der Waals surface area contributed by atoms with Gasteiger partial charge in [0.05, 0.1) is 30.9 Å². The number of hydrogen-bond donors (Lipinski definition) is 2. The van der Waals surface area contributed by atoms with Crippen LogP contribution in [0.2, 0.25) is 0 Å². The zero-order chi connectivity index (χ0) is 16.0. The van der Waals surface area contributed by atoms with Crippen LogP contribution < -0.4 is 15.8 Å². The Bertz CT molecular complexity index is 488. The first-order chi connectivity index (χ1) is 9.81. The van der Waals surface area contributed by atoms with Crippen LogP contribution in [0, 0.1) is 0 Å². The maximum Gasteiger partial charge on any atom is 0.418 e. The van der Waals surface area contributed by atoms with Crippen molar-refractivity contribution in [2.45, 2.75) is 18.7 Å². The van der Waals surface area contributed by atoms with Crippen LogP contribution in [-0.2, 0) is 15.7 Å². The van der Waals surface area contributed by atoms with Crippen LogP contribution in [0.25, 0.3) is 0 Å². The number of carbonyl (C=O) groups excluding carboxylic acids is 1. The molecule has 0 bridgehead atoms. The summed E-state index contributed by atoms with van der Waals surface area (Å²) < 4.78 is 48.5. The van der Waals surface area contributed by atoms with E-state index in [-0.39, 0.29) is 24.4 Å². The third-order valence-electron chi connectivity index (χ3n) is 2.82. The van der Waals surface area contributed by atoms with Crippen molar-refractivity contribution in [2.24, 2.45) is 5.73 Å². The van der Waals surface area contributed by atoms with Gasteiger partial charge >= 0.3 is 6.18 Å². The standard InChI is InChI=1S/C13H17F3N2O3/c1-20-8-3-4-11(10(5-8)13(14,15)16)18-12(19)6-9(7-17)21-2/h3-5,9H,6-7,17H2,1-2H3,(H,18,19). The van der Waals surface area contributed by atoms with Crippen molar-refractivity contribution < 1.29 is 27.4 Å². The fourth-order valence-corrected chi connectivity index (χ4v) is 1.66. The second kappa shape index (κ2) is 7.28. The number of carbonyl (C=O) groups is 1. The highest BCUT2D eigenvalue weighted by molar-refractivity contribution is 5.92. The lowest BCUT2D eigenvalue weighted by Gasteiger charge is -2.16. The summed E-state index contributed by atoms with van der Waals surface area (Å²) in [7, 11) is 2.64. The highest BCUT2D eigenvalue weighted by Gasteiger charge is 2.34. The summed E-state index contributed by atoms with van der Waals surface area (Å²) >= 11 is 0. The van der Waals surface area contributed by atoms with Crippen molar-refractivity contribution in [1.82, 2.24) is 0 Å². The topological polar surface area (TPSA) is 73.6 Å². The van der Waals surface area contributed by atoms with Crippen LogP contribution in [0.15, 0.2) is 18.2 Å². The summed E-state index contributed by atoms with van der Waals surface area (Å²) in [5, 5.41) is 2.22. The maximum atomic E-state index is 13.0. The zero-order valence-electron chi connectivity index (χ0n) is 11.7. The Balaban J connectivity index is 2.95. The number of nitrogens with two attached hydrogens (primary N) is 1. The number of anilines is 1. The average Bonchev–Trinajstić information content (AvgIpc) is 2.44. The van der Waals surface area contributed by atoms with Gasteiger partial charge in [-0.15, -0.1) is 0 Å².